The summed E-state index contributed by atoms with van der Waals surface area (Å²) >= 11 is 0. The van der Waals surface area contributed by atoms with Gasteiger partial charge in [0.25, 0.3) is 11.8 Å². The van der Waals surface area contributed by atoms with Crippen LogP contribution in [-0.2, 0) is 9.59 Å². The molecule has 0 unspecified atom stereocenters. The minimum Gasteiger partial charge on any atom is -0.272 e. The molecule has 1 heterocycles. The van der Waals surface area contributed by atoms with E-state index in [0.717, 1.165) is 23.4 Å². The van der Waals surface area contributed by atoms with Crippen molar-refractivity contribution in [2.24, 2.45) is 28.8 Å². The quantitative estimate of drug-likeness (QED) is 0.490. The number of hydrogen-bond acceptors (Lipinski definition) is 3. The number of hydrazone groups is 1. The molecule has 2 amide bonds. The Morgan fingerprint density at radius 1 is 0.957 bits per heavy atom. The van der Waals surface area contributed by atoms with Crippen molar-refractivity contribution in [3.63, 3.8) is 0 Å². The highest BCUT2D eigenvalue weighted by molar-refractivity contribution is 6.06. The lowest BCUT2D eigenvalue weighted by Gasteiger charge is -2.37. The maximum absolute atomic E-state index is 12.5. The number of allylic oxidation sites excluding steroid dienone is 3. The van der Waals surface area contributed by atoms with Crippen LogP contribution in [0, 0.1) is 23.7 Å². The first-order chi connectivity index (χ1) is 11.3. The molecule has 4 heteroatoms. The van der Waals surface area contributed by atoms with Gasteiger partial charge in [0.1, 0.15) is 0 Å². The van der Waals surface area contributed by atoms with Crippen LogP contribution in [0.2, 0.25) is 0 Å². The van der Waals surface area contributed by atoms with Crippen molar-refractivity contribution in [1.82, 2.24) is 5.01 Å². The van der Waals surface area contributed by atoms with Crippen LogP contribution in [0.25, 0.3) is 6.08 Å². The van der Waals surface area contributed by atoms with Crippen molar-refractivity contribution in [3.05, 3.63) is 54.1 Å². The molecule has 0 N–H and O–H groups in total. The number of rotatable bonds is 3. The highest BCUT2D eigenvalue weighted by atomic mass is 16.2. The molecule has 0 spiro atoms. The van der Waals surface area contributed by atoms with Gasteiger partial charge in [-0.25, -0.2) is 0 Å². The van der Waals surface area contributed by atoms with Gasteiger partial charge >= 0.3 is 0 Å². The predicted octanol–water partition coefficient (Wildman–Crippen LogP) is 2.88. The third kappa shape index (κ3) is 2.34. The third-order valence-corrected chi connectivity index (χ3v) is 5.09. The highest BCUT2D eigenvalue weighted by Crippen LogP contribution is 2.49. The molecule has 1 saturated carbocycles. The van der Waals surface area contributed by atoms with Crippen LogP contribution in [0.1, 0.15) is 18.4 Å². The molecular formula is C19H18N2O2. The average Bonchev–Trinajstić information content (AvgIpc) is 2.87. The van der Waals surface area contributed by atoms with E-state index < -0.39 is 0 Å². The van der Waals surface area contributed by atoms with Gasteiger partial charge in [0.15, 0.2) is 0 Å². The number of benzene rings is 1. The topological polar surface area (TPSA) is 49.7 Å². The predicted molar refractivity (Wildman–Crippen MR) is 88.2 cm³/mol. The Morgan fingerprint density at radius 3 is 2.13 bits per heavy atom. The Labute approximate surface area is 135 Å². The first-order valence-corrected chi connectivity index (χ1v) is 8.07. The summed E-state index contributed by atoms with van der Waals surface area (Å²) in [5, 5.41) is 5.20. The summed E-state index contributed by atoms with van der Waals surface area (Å²) < 4.78 is 0. The smallest absolute Gasteiger partial charge is 0.254 e. The number of amides is 2. The first-order valence-electron chi connectivity index (χ1n) is 8.07. The molecule has 1 aromatic rings. The van der Waals surface area contributed by atoms with Crippen LogP contribution in [0.5, 0.6) is 0 Å². The Kier molecular flexibility index (Phi) is 3.45. The lowest BCUT2D eigenvalue weighted by Crippen LogP contribution is -2.38. The van der Waals surface area contributed by atoms with E-state index in [1.165, 1.54) is 6.21 Å². The van der Waals surface area contributed by atoms with Gasteiger partial charge in [0, 0.05) is 6.21 Å². The van der Waals surface area contributed by atoms with Crippen LogP contribution >= 0.6 is 0 Å². The van der Waals surface area contributed by atoms with Crippen molar-refractivity contribution >= 4 is 24.1 Å². The van der Waals surface area contributed by atoms with Crippen LogP contribution < -0.4 is 0 Å². The standard InChI is InChI=1S/C19H18N2O2/c22-18-16-14-8-9-15(11-10-14)17(16)19(23)21(18)20-12-4-7-13-5-2-1-3-6-13/h1-9,12,14-17H,10-11H2/b7-4+,20-12?/t14-,15-,16-,17+/m0/s1. The van der Waals surface area contributed by atoms with Crippen molar-refractivity contribution in [1.29, 1.82) is 0 Å². The molecule has 4 nitrogen and oxygen atoms in total. The fraction of sp³-hybridized carbons (Fsp3) is 0.316. The molecule has 3 aliphatic carbocycles. The largest absolute Gasteiger partial charge is 0.272 e. The molecule has 116 valence electrons. The van der Waals surface area contributed by atoms with E-state index in [2.05, 4.69) is 17.3 Å². The number of carbonyl (C=O) groups excluding carboxylic acids is 2. The summed E-state index contributed by atoms with van der Waals surface area (Å²) in [5.41, 5.74) is 1.05. The van der Waals surface area contributed by atoms with E-state index >= 15 is 0 Å². The number of nitrogens with zero attached hydrogens (tertiary/aromatic N) is 2. The summed E-state index contributed by atoms with van der Waals surface area (Å²) in [7, 11) is 0. The van der Waals surface area contributed by atoms with Crippen LogP contribution in [0.15, 0.2) is 53.7 Å². The van der Waals surface area contributed by atoms with E-state index in [-0.39, 0.29) is 35.5 Å². The Bertz CT molecular complexity index is 688. The monoisotopic (exact) mass is 306 g/mol. The molecule has 4 aliphatic rings. The SMILES string of the molecule is O=C1[C@@H]2[C@H](C(=O)N1N=C/C=C/c1ccccc1)[C@H]1C=C[C@H]2CC1. The number of imide groups is 1. The van der Waals surface area contributed by atoms with E-state index in [4.69, 9.17) is 0 Å². The normalized spacial score (nSPS) is 32.4. The van der Waals surface area contributed by atoms with Crippen molar-refractivity contribution in [3.8, 4) is 0 Å². The Balaban J connectivity index is 1.50. The Morgan fingerprint density at radius 2 is 1.57 bits per heavy atom. The zero-order valence-corrected chi connectivity index (χ0v) is 12.7. The molecule has 5 rings (SSSR count). The van der Waals surface area contributed by atoms with Gasteiger partial charge < -0.3 is 0 Å². The van der Waals surface area contributed by atoms with Crippen molar-refractivity contribution in [2.75, 3.05) is 0 Å². The molecule has 1 aliphatic heterocycles. The van der Waals surface area contributed by atoms with Gasteiger partial charge in [-0.3, -0.25) is 9.59 Å². The molecule has 2 bridgehead atoms. The third-order valence-electron chi connectivity index (χ3n) is 5.09. The maximum atomic E-state index is 12.5. The average molecular weight is 306 g/mol. The molecule has 0 aromatic heterocycles. The molecule has 2 fully saturated rings. The van der Waals surface area contributed by atoms with Crippen LogP contribution in [0.4, 0.5) is 0 Å². The second-order valence-electron chi connectivity index (χ2n) is 6.36. The summed E-state index contributed by atoms with van der Waals surface area (Å²) in [6.45, 7) is 0. The maximum Gasteiger partial charge on any atom is 0.254 e. The minimum atomic E-state index is -0.193. The number of hydrogen-bond donors (Lipinski definition) is 0. The van der Waals surface area contributed by atoms with E-state index in [9.17, 15) is 9.59 Å². The van der Waals surface area contributed by atoms with Gasteiger partial charge in [-0.05, 0) is 36.3 Å². The molecule has 23 heavy (non-hydrogen) atoms. The summed E-state index contributed by atoms with van der Waals surface area (Å²) in [4.78, 5) is 25.1. The first kappa shape index (κ1) is 14.1. The van der Waals surface area contributed by atoms with Crippen molar-refractivity contribution < 1.29 is 9.59 Å². The van der Waals surface area contributed by atoms with Crippen LogP contribution in [0.3, 0.4) is 0 Å². The van der Waals surface area contributed by atoms with Gasteiger partial charge in [-0.1, -0.05) is 48.6 Å². The lowest BCUT2D eigenvalue weighted by molar-refractivity contribution is -0.140. The fourth-order valence-corrected chi connectivity index (χ4v) is 4.00. The summed E-state index contributed by atoms with van der Waals surface area (Å²) in [6.07, 6.45) is 11.4. The molecule has 1 saturated heterocycles. The second kappa shape index (κ2) is 5.61. The molecule has 4 atom stereocenters. The zero-order valence-electron chi connectivity index (χ0n) is 12.7. The van der Waals surface area contributed by atoms with Gasteiger partial charge in [0.2, 0.25) is 0 Å². The zero-order chi connectivity index (χ0) is 15.8. The number of fused-ring (bicyclic) bond motifs is 1. The van der Waals surface area contributed by atoms with Gasteiger partial charge in [-0.15, -0.1) is 0 Å². The molecular weight excluding hydrogens is 288 g/mol. The van der Waals surface area contributed by atoms with E-state index in [1.807, 2.05) is 36.4 Å². The Hall–Kier alpha value is -2.49. The summed E-state index contributed by atoms with van der Waals surface area (Å²) in [5.74, 6) is -0.238. The number of carbonyl (C=O) groups is 2. The van der Waals surface area contributed by atoms with Crippen LogP contribution in [-0.4, -0.2) is 23.0 Å². The van der Waals surface area contributed by atoms with E-state index in [1.54, 1.807) is 6.08 Å². The molecule has 1 aromatic carbocycles. The fourth-order valence-electron chi connectivity index (χ4n) is 4.00. The van der Waals surface area contributed by atoms with Gasteiger partial charge in [0.05, 0.1) is 11.8 Å². The molecule has 0 radical (unpaired) electrons. The van der Waals surface area contributed by atoms with E-state index in [0.29, 0.717) is 0 Å². The lowest BCUT2D eigenvalue weighted by atomic mass is 9.63. The second-order valence-corrected chi connectivity index (χ2v) is 6.36. The summed E-state index contributed by atoms with van der Waals surface area (Å²) in [6, 6.07) is 9.83. The van der Waals surface area contributed by atoms with Gasteiger partial charge in [-0.2, -0.15) is 10.1 Å². The minimum absolute atomic E-state index is 0.136. The van der Waals surface area contributed by atoms with Crippen molar-refractivity contribution in [2.45, 2.75) is 12.8 Å². The highest BCUT2D eigenvalue weighted by Gasteiger charge is 2.56.